The van der Waals surface area contributed by atoms with Crippen molar-refractivity contribution in [2.45, 2.75) is 19.4 Å². The summed E-state index contributed by atoms with van der Waals surface area (Å²) in [5, 5.41) is 4.14. The van der Waals surface area contributed by atoms with Crippen LogP contribution in [-0.2, 0) is 0 Å². The van der Waals surface area contributed by atoms with Crippen LogP contribution in [0, 0.1) is 0 Å². The van der Waals surface area contributed by atoms with Crippen molar-refractivity contribution in [3.05, 3.63) is 40.7 Å². The molecule has 1 N–H and O–H groups in total. The Bertz CT molecular complexity index is 519. The lowest BCUT2D eigenvalue weighted by atomic mass is 10.0. The fourth-order valence-corrected chi connectivity index (χ4v) is 2.52. The van der Waals surface area contributed by atoms with Gasteiger partial charge in [0.05, 0.1) is 36.8 Å². The van der Waals surface area contributed by atoms with Crippen LogP contribution in [0.25, 0.3) is 0 Å². The molecule has 0 aliphatic heterocycles. The Morgan fingerprint density at radius 2 is 2.32 bits per heavy atom. The highest BCUT2D eigenvalue weighted by Crippen LogP contribution is 2.31. The van der Waals surface area contributed by atoms with E-state index in [1.165, 1.54) is 11.7 Å². The number of rotatable bonds is 6. The number of aromatic nitrogens is 2. The monoisotopic (exact) mass is 297 g/mol. The van der Waals surface area contributed by atoms with Crippen molar-refractivity contribution < 1.29 is 4.74 Å². The van der Waals surface area contributed by atoms with Gasteiger partial charge in [0.15, 0.2) is 0 Å². The molecular formula is C13H16ClN3OS. The Kier molecular flexibility index (Phi) is 5.13. The molecule has 2 rings (SSSR count). The topological polar surface area (TPSA) is 47.0 Å². The predicted octanol–water partition coefficient (Wildman–Crippen LogP) is 3.29. The van der Waals surface area contributed by atoms with Gasteiger partial charge in [-0.05, 0) is 31.2 Å². The van der Waals surface area contributed by atoms with Crippen LogP contribution in [0.15, 0.2) is 24.4 Å². The van der Waals surface area contributed by atoms with Gasteiger partial charge in [-0.3, -0.25) is 0 Å². The lowest BCUT2D eigenvalue weighted by molar-refractivity contribution is 0.403. The molecule has 1 aromatic heterocycles. The lowest BCUT2D eigenvalue weighted by Gasteiger charge is -2.19. The van der Waals surface area contributed by atoms with Gasteiger partial charge in [0, 0.05) is 10.6 Å². The molecule has 2 aromatic rings. The van der Waals surface area contributed by atoms with Crippen molar-refractivity contribution in [3.8, 4) is 5.75 Å². The molecule has 102 valence electrons. The molecule has 19 heavy (non-hydrogen) atoms. The van der Waals surface area contributed by atoms with E-state index in [-0.39, 0.29) is 6.04 Å². The number of halogens is 1. The van der Waals surface area contributed by atoms with Crippen LogP contribution in [0.5, 0.6) is 5.75 Å². The normalized spacial score (nSPS) is 12.4. The lowest BCUT2D eigenvalue weighted by Crippen LogP contribution is -2.24. The molecule has 4 nitrogen and oxygen atoms in total. The molecule has 0 amide bonds. The van der Waals surface area contributed by atoms with Gasteiger partial charge in [-0.25, -0.2) is 0 Å². The second kappa shape index (κ2) is 6.84. The third kappa shape index (κ3) is 3.43. The van der Waals surface area contributed by atoms with Crippen molar-refractivity contribution in [2.75, 3.05) is 13.7 Å². The van der Waals surface area contributed by atoms with E-state index in [0.29, 0.717) is 5.02 Å². The van der Waals surface area contributed by atoms with E-state index in [9.17, 15) is 0 Å². The van der Waals surface area contributed by atoms with Gasteiger partial charge in [-0.15, -0.1) is 0 Å². The minimum atomic E-state index is -0.0488. The summed E-state index contributed by atoms with van der Waals surface area (Å²) < 4.78 is 13.8. The van der Waals surface area contributed by atoms with Gasteiger partial charge in [0.1, 0.15) is 5.75 Å². The molecule has 0 aliphatic carbocycles. The summed E-state index contributed by atoms with van der Waals surface area (Å²) in [5.41, 5.74) is 1.87. The van der Waals surface area contributed by atoms with E-state index in [1.54, 1.807) is 13.3 Å². The first-order valence-electron chi connectivity index (χ1n) is 6.10. The molecule has 0 saturated heterocycles. The standard InChI is InChI=1S/C13H16ClN3OS/c1-3-6-15-13(11-8-16-19-17-11)10-7-9(14)4-5-12(10)18-2/h4-5,7-8,13,15H,3,6H2,1-2H3. The Balaban J connectivity index is 2.39. The zero-order chi connectivity index (χ0) is 13.7. The Morgan fingerprint density at radius 1 is 1.47 bits per heavy atom. The van der Waals surface area contributed by atoms with E-state index in [1.807, 2.05) is 18.2 Å². The molecule has 0 saturated carbocycles. The molecule has 1 atom stereocenters. The second-order valence-corrected chi connectivity index (χ2v) is 5.10. The second-order valence-electron chi connectivity index (χ2n) is 4.11. The third-order valence-electron chi connectivity index (χ3n) is 2.78. The number of methoxy groups -OCH3 is 1. The third-order valence-corrected chi connectivity index (χ3v) is 3.50. The van der Waals surface area contributed by atoms with Gasteiger partial charge in [0.2, 0.25) is 0 Å². The summed E-state index contributed by atoms with van der Waals surface area (Å²) in [6.07, 6.45) is 2.81. The van der Waals surface area contributed by atoms with E-state index in [2.05, 4.69) is 21.0 Å². The van der Waals surface area contributed by atoms with Crippen molar-refractivity contribution in [1.82, 2.24) is 14.1 Å². The Morgan fingerprint density at radius 3 is 2.95 bits per heavy atom. The molecule has 6 heteroatoms. The number of nitrogens with zero attached hydrogens (tertiary/aromatic N) is 2. The highest BCUT2D eigenvalue weighted by atomic mass is 35.5. The smallest absolute Gasteiger partial charge is 0.124 e. The molecule has 0 bridgehead atoms. The van der Waals surface area contributed by atoms with Crippen molar-refractivity contribution in [2.24, 2.45) is 0 Å². The van der Waals surface area contributed by atoms with E-state index in [0.717, 1.165) is 30.0 Å². The number of hydrogen-bond acceptors (Lipinski definition) is 5. The van der Waals surface area contributed by atoms with Gasteiger partial charge < -0.3 is 10.1 Å². The minimum Gasteiger partial charge on any atom is -0.496 e. The summed E-state index contributed by atoms with van der Waals surface area (Å²) in [4.78, 5) is 0. The number of ether oxygens (including phenoxy) is 1. The summed E-state index contributed by atoms with van der Waals surface area (Å²) in [6, 6.07) is 5.55. The average Bonchev–Trinajstić information content (AvgIpc) is 2.93. The minimum absolute atomic E-state index is 0.0488. The van der Waals surface area contributed by atoms with Crippen molar-refractivity contribution in [3.63, 3.8) is 0 Å². The summed E-state index contributed by atoms with van der Waals surface area (Å²) in [5.74, 6) is 0.797. The molecule has 0 fully saturated rings. The SMILES string of the molecule is CCCNC(c1cnsn1)c1cc(Cl)ccc1OC. The maximum absolute atomic E-state index is 6.10. The fourth-order valence-electron chi connectivity index (χ4n) is 1.89. The molecule has 1 aromatic carbocycles. The van der Waals surface area contributed by atoms with Crippen molar-refractivity contribution >= 4 is 23.3 Å². The number of hydrogen-bond donors (Lipinski definition) is 1. The van der Waals surface area contributed by atoms with Gasteiger partial charge in [-0.1, -0.05) is 18.5 Å². The largest absolute Gasteiger partial charge is 0.496 e. The number of nitrogens with one attached hydrogen (secondary N) is 1. The van der Waals surface area contributed by atoms with Crippen LogP contribution in [0.1, 0.15) is 30.6 Å². The highest BCUT2D eigenvalue weighted by molar-refractivity contribution is 6.99. The molecule has 0 aliphatic rings. The van der Waals surface area contributed by atoms with E-state index >= 15 is 0 Å². The first-order chi connectivity index (χ1) is 9.26. The summed E-state index contributed by atoms with van der Waals surface area (Å²) in [7, 11) is 1.66. The number of benzene rings is 1. The maximum atomic E-state index is 6.10. The average molecular weight is 298 g/mol. The van der Waals surface area contributed by atoms with Gasteiger partial charge in [-0.2, -0.15) is 8.75 Å². The Hall–Kier alpha value is -1.17. The summed E-state index contributed by atoms with van der Waals surface area (Å²) in [6.45, 7) is 3.01. The van der Waals surface area contributed by atoms with Crippen LogP contribution in [0.3, 0.4) is 0 Å². The van der Waals surface area contributed by atoms with Gasteiger partial charge >= 0.3 is 0 Å². The van der Waals surface area contributed by atoms with Crippen LogP contribution >= 0.6 is 23.3 Å². The zero-order valence-electron chi connectivity index (χ0n) is 10.9. The van der Waals surface area contributed by atoms with E-state index in [4.69, 9.17) is 16.3 Å². The first kappa shape index (κ1) is 14.2. The molecule has 1 unspecified atom stereocenters. The quantitative estimate of drug-likeness (QED) is 0.889. The fraction of sp³-hybridized carbons (Fsp3) is 0.385. The van der Waals surface area contributed by atoms with Crippen molar-refractivity contribution in [1.29, 1.82) is 0 Å². The molecule has 0 radical (unpaired) electrons. The summed E-state index contributed by atoms with van der Waals surface area (Å²) >= 11 is 7.30. The predicted molar refractivity (Wildman–Crippen MR) is 78.0 cm³/mol. The zero-order valence-corrected chi connectivity index (χ0v) is 12.5. The molecule has 1 heterocycles. The first-order valence-corrected chi connectivity index (χ1v) is 7.21. The van der Waals surface area contributed by atoms with Crippen LogP contribution in [0.4, 0.5) is 0 Å². The molecule has 0 spiro atoms. The van der Waals surface area contributed by atoms with Crippen LogP contribution in [-0.4, -0.2) is 22.4 Å². The Labute approximate surface area is 122 Å². The van der Waals surface area contributed by atoms with E-state index < -0.39 is 0 Å². The highest BCUT2D eigenvalue weighted by Gasteiger charge is 2.20. The maximum Gasteiger partial charge on any atom is 0.124 e. The van der Waals surface area contributed by atoms with Crippen LogP contribution < -0.4 is 10.1 Å². The molecular weight excluding hydrogens is 282 g/mol. The van der Waals surface area contributed by atoms with Crippen LogP contribution in [0.2, 0.25) is 5.02 Å². The van der Waals surface area contributed by atoms with Gasteiger partial charge in [0.25, 0.3) is 0 Å².